The first-order valence-electron chi connectivity index (χ1n) is 7.61. The summed E-state index contributed by atoms with van der Waals surface area (Å²) in [4.78, 5) is 4.74. The molecule has 0 unspecified atom stereocenters. The van der Waals surface area contributed by atoms with Crippen molar-refractivity contribution < 1.29 is 4.42 Å². The first kappa shape index (κ1) is 13.9. The minimum atomic E-state index is 0.614. The molecule has 1 saturated heterocycles. The number of furan rings is 1. The molecule has 2 heterocycles. The molecule has 2 aliphatic rings. The van der Waals surface area contributed by atoms with E-state index < -0.39 is 0 Å². The molecule has 5 heteroatoms. The van der Waals surface area contributed by atoms with E-state index in [1.54, 1.807) is 6.26 Å². The van der Waals surface area contributed by atoms with Crippen molar-refractivity contribution in [2.45, 2.75) is 38.3 Å². The molecule has 0 aromatic carbocycles. The van der Waals surface area contributed by atoms with E-state index >= 15 is 0 Å². The number of piperazine rings is 1. The van der Waals surface area contributed by atoms with Crippen LogP contribution in [-0.2, 0) is 6.54 Å². The molecule has 1 N–H and O–H groups in total. The van der Waals surface area contributed by atoms with E-state index in [9.17, 15) is 0 Å². The minimum absolute atomic E-state index is 0.614. The van der Waals surface area contributed by atoms with Gasteiger partial charge in [0.2, 0.25) is 0 Å². The smallest absolute Gasteiger partial charge is 0.169 e. The molecule has 1 aromatic rings. The average molecular weight is 293 g/mol. The predicted molar refractivity (Wildman–Crippen MR) is 83.5 cm³/mol. The second kappa shape index (κ2) is 6.59. The quantitative estimate of drug-likeness (QED) is 0.864. The van der Waals surface area contributed by atoms with Gasteiger partial charge in [0.25, 0.3) is 0 Å². The van der Waals surface area contributed by atoms with Crippen molar-refractivity contribution in [2.24, 2.45) is 0 Å². The molecule has 0 bridgehead atoms. The SMILES string of the molecule is S=C(NC1CCCC1)N1CCN(Cc2ccco2)CC1. The lowest BCUT2D eigenvalue weighted by molar-refractivity contribution is 0.164. The topological polar surface area (TPSA) is 31.6 Å². The Kier molecular flexibility index (Phi) is 4.58. The summed E-state index contributed by atoms with van der Waals surface area (Å²) in [6.45, 7) is 5.03. The normalized spacial score (nSPS) is 21.3. The molecule has 0 radical (unpaired) electrons. The van der Waals surface area contributed by atoms with Gasteiger partial charge in [0.05, 0.1) is 12.8 Å². The molecular weight excluding hydrogens is 270 g/mol. The number of hydrogen-bond donors (Lipinski definition) is 1. The molecule has 3 rings (SSSR count). The zero-order chi connectivity index (χ0) is 13.8. The lowest BCUT2D eigenvalue weighted by Crippen LogP contribution is -2.52. The number of nitrogens with one attached hydrogen (secondary N) is 1. The zero-order valence-corrected chi connectivity index (χ0v) is 12.7. The highest BCUT2D eigenvalue weighted by Crippen LogP contribution is 2.18. The monoisotopic (exact) mass is 293 g/mol. The molecule has 0 spiro atoms. The lowest BCUT2D eigenvalue weighted by atomic mass is 10.2. The molecule has 2 fully saturated rings. The van der Waals surface area contributed by atoms with E-state index in [1.165, 1.54) is 25.7 Å². The Balaban J connectivity index is 1.42. The van der Waals surface area contributed by atoms with Gasteiger partial charge in [0.15, 0.2) is 5.11 Å². The second-order valence-corrected chi connectivity index (χ2v) is 6.16. The van der Waals surface area contributed by atoms with Crippen molar-refractivity contribution in [1.29, 1.82) is 0 Å². The molecule has 1 aliphatic heterocycles. The molecule has 4 nitrogen and oxygen atoms in total. The Morgan fingerprint density at radius 2 is 2.00 bits per heavy atom. The van der Waals surface area contributed by atoms with E-state index in [2.05, 4.69) is 15.1 Å². The van der Waals surface area contributed by atoms with Crippen LogP contribution in [0.25, 0.3) is 0 Å². The molecule has 0 amide bonds. The lowest BCUT2D eigenvalue weighted by Gasteiger charge is -2.36. The van der Waals surface area contributed by atoms with E-state index in [0.717, 1.165) is 43.6 Å². The average Bonchev–Trinajstić information content (AvgIpc) is 3.13. The van der Waals surface area contributed by atoms with Gasteiger partial charge in [-0.1, -0.05) is 12.8 Å². The van der Waals surface area contributed by atoms with Gasteiger partial charge >= 0.3 is 0 Å². The number of thiocarbonyl (C=S) groups is 1. The van der Waals surface area contributed by atoms with Crippen LogP contribution in [0.3, 0.4) is 0 Å². The van der Waals surface area contributed by atoms with Crippen LogP contribution in [0.1, 0.15) is 31.4 Å². The first-order chi connectivity index (χ1) is 9.81. The Labute approximate surface area is 126 Å². The van der Waals surface area contributed by atoms with Crippen molar-refractivity contribution in [3.05, 3.63) is 24.2 Å². The van der Waals surface area contributed by atoms with Gasteiger partial charge in [0.1, 0.15) is 5.76 Å². The summed E-state index contributed by atoms with van der Waals surface area (Å²) in [7, 11) is 0. The standard InChI is InChI=1S/C15H23N3OS/c20-15(16-13-4-1-2-5-13)18-9-7-17(8-10-18)12-14-6-3-11-19-14/h3,6,11,13H,1-2,4-5,7-10,12H2,(H,16,20). The molecular formula is C15H23N3OS. The van der Waals surface area contributed by atoms with Crippen molar-refractivity contribution in [3.8, 4) is 0 Å². The Bertz CT molecular complexity index is 420. The molecule has 0 atom stereocenters. The summed E-state index contributed by atoms with van der Waals surface area (Å²) in [5.41, 5.74) is 0. The van der Waals surface area contributed by atoms with Crippen LogP contribution in [-0.4, -0.2) is 47.1 Å². The Hall–Kier alpha value is -1.07. The van der Waals surface area contributed by atoms with Crippen LogP contribution in [0.15, 0.2) is 22.8 Å². The fraction of sp³-hybridized carbons (Fsp3) is 0.667. The van der Waals surface area contributed by atoms with Crippen molar-refractivity contribution >= 4 is 17.3 Å². The fourth-order valence-electron chi connectivity index (χ4n) is 3.07. The zero-order valence-electron chi connectivity index (χ0n) is 11.9. The van der Waals surface area contributed by atoms with E-state index in [-0.39, 0.29) is 0 Å². The van der Waals surface area contributed by atoms with Crippen LogP contribution in [0.5, 0.6) is 0 Å². The number of nitrogens with zero attached hydrogens (tertiary/aromatic N) is 2. The highest BCUT2D eigenvalue weighted by Gasteiger charge is 2.22. The van der Waals surface area contributed by atoms with Crippen molar-refractivity contribution in [3.63, 3.8) is 0 Å². The number of rotatable bonds is 3. The Morgan fingerprint density at radius 1 is 1.25 bits per heavy atom. The summed E-state index contributed by atoms with van der Waals surface area (Å²) < 4.78 is 5.41. The number of hydrogen-bond acceptors (Lipinski definition) is 3. The third-order valence-electron chi connectivity index (χ3n) is 4.30. The maximum Gasteiger partial charge on any atom is 0.169 e. The summed E-state index contributed by atoms with van der Waals surface area (Å²) in [6, 6.07) is 4.61. The summed E-state index contributed by atoms with van der Waals surface area (Å²) >= 11 is 5.54. The van der Waals surface area contributed by atoms with Crippen molar-refractivity contribution in [1.82, 2.24) is 15.1 Å². The van der Waals surface area contributed by atoms with Gasteiger partial charge in [-0.15, -0.1) is 0 Å². The van der Waals surface area contributed by atoms with Gasteiger partial charge in [-0.25, -0.2) is 0 Å². The minimum Gasteiger partial charge on any atom is -0.468 e. The first-order valence-corrected chi connectivity index (χ1v) is 8.02. The predicted octanol–water partition coefficient (Wildman–Crippen LogP) is 2.21. The second-order valence-electron chi connectivity index (χ2n) is 5.77. The van der Waals surface area contributed by atoms with E-state index in [0.29, 0.717) is 6.04 Å². The van der Waals surface area contributed by atoms with Crippen LogP contribution in [0.4, 0.5) is 0 Å². The van der Waals surface area contributed by atoms with Crippen molar-refractivity contribution in [2.75, 3.05) is 26.2 Å². The van der Waals surface area contributed by atoms with Gasteiger partial charge in [-0.05, 0) is 37.2 Å². The summed E-state index contributed by atoms with van der Waals surface area (Å²) in [5, 5.41) is 4.48. The van der Waals surface area contributed by atoms with Gasteiger partial charge in [0, 0.05) is 32.2 Å². The van der Waals surface area contributed by atoms with Crippen LogP contribution < -0.4 is 5.32 Å². The summed E-state index contributed by atoms with van der Waals surface area (Å²) in [6.07, 6.45) is 6.98. The molecule has 1 aromatic heterocycles. The summed E-state index contributed by atoms with van der Waals surface area (Å²) in [5.74, 6) is 1.05. The van der Waals surface area contributed by atoms with E-state index in [4.69, 9.17) is 16.6 Å². The Morgan fingerprint density at radius 3 is 2.65 bits per heavy atom. The fourth-order valence-corrected chi connectivity index (χ4v) is 3.42. The van der Waals surface area contributed by atoms with Crippen LogP contribution in [0, 0.1) is 0 Å². The molecule has 20 heavy (non-hydrogen) atoms. The molecule has 1 aliphatic carbocycles. The highest BCUT2D eigenvalue weighted by molar-refractivity contribution is 7.80. The van der Waals surface area contributed by atoms with Crippen LogP contribution >= 0.6 is 12.2 Å². The highest BCUT2D eigenvalue weighted by atomic mass is 32.1. The van der Waals surface area contributed by atoms with Gasteiger partial charge in [-0.3, -0.25) is 4.90 Å². The largest absolute Gasteiger partial charge is 0.468 e. The van der Waals surface area contributed by atoms with E-state index in [1.807, 2.05) is 12.1 Å². The molecule has 1 saturated carbocycles. The van der Waals surface area contributed by atoms with Gasteiger partial charge in [-0.2, -0.15) is 0 Å². The maximum absolute atomic E-state index is 5.54. The molecule has 110 valence electrons. The maximum atomic E-state index is 5.54. The van der Waals surface area contributed by atoms with Crippen LogP contribution in [0.2, 0.25) is 0 Å². The third-order valence-corrected chi connectivity index (χ3v) is 4.68. The van der Waals surface area contributed by atoms with Gasteiger partial charge < -0.3 is 14.6 Å². The third kappa shape index (κ3) is 3.52.